The molecule has 0 bridgehead atoms. The maximum absolute atomic E-state index is 4.61. The molecule has 1 rings (SSSR count). The van der Waals surface area contributed by atoms with Crippen molar-refractivity contribution < 1.29 is 0 Å². The van der Waals surface area contributed by atoms with Crippen molar-refractivity contribution in [3.05, 3.63) is 18.0 Å². The maximum Gasteiger partial charge on any atom is 0.0762 e. The molecule has 0 radical (unpaired) electrons. The molecule has 3 heteroatoms. The second kappa shape index (κ2) is 11.8. The van der Waals surface area contributed by atoms with Gasteiger partial charge in [0.25, 0.3) is 0 Å². The molecule has 0 aromatic carbocycles. The van der Waals surface area contributed by atoms with E-state index in [2.05, 4.69) is 48.1 Å². The summed E-state index contributed by atoms with van der Waals surface area (Å²) < 4.78 is 2.08. The minimum Gasteiger partial charge on any atom is -0.311 e. The second-order valence-corrected chi connectivity index (χ2v) is 6.20. The Hall–Kier alpha value is -0.830. The normalized spacial score (nSPS) is 12.7. The highest BCUT2D eigenvalue weighted by molar-refractivity contribution is 4.99. The molecule has 1 N–H and O–H groups in total. The molecule has 3 nitrogen and oxygen atoms in total. The Balaban J connectivity index is 1.95. The van der Waals surface area contributed by atoms with Crippen molar-refractivity contribution >= 4 is 0 Å². The first kappa shape index (κ1) is 18.2. The van der Waals surface area contributed by atoms with Crippen LogP contribution in [0.2, 0.25) is 0 Å². The Labute approximate surface area is 131 Å². The standard InChI is InChI=1S/C18H35N3/c1-4-6-7-8-9-10-11-12-14-19-16-18-13-15-21(20-18)17(3)5-2/h13,15,17,19H,4-12,14,16H2,1-3H3. The van der Waals surface area contributed by atoms with Crippen LogP contribution in [-0.4, -0.2) is 16.3 Å². The Bertz CT molecular complexity index is 346. The van der Waals surface area contributed by atoms with Crippen molar-refractivity contribution in [1.29, 1.82) is 0 Å². The molecular formula is C18H35N3. The lowest BCUT2D eigenvalue weighted by atomic mass is 10.1. The SMILES string of the molecule is CCCCCCCCCCNCc1ccn(C(C)CC)n1. The van der Waals surface area contributed by atoms with Crippen LogP contribution >= 0.6 is 0 Å². The van der Waals surface area contributed by atoms with Gasteiger partial charge in [-0.05, 0) is 32.4 Å². The number of hydrogen-bond donors (Lipinski definition) is 1. The molecule has 1 unspecified atom stereocenters. The van der Waals surface area contributed by atoms with Gasteiger partial charge >= 0.3 is 0 Å². The van der Waals surface area contributed by atoms with Crippen molar-refractivity contribution in [2.45, 2.75) is 91.1 Å². The average molecular weight is 293 g/mol. The van der Waals surface area contributed by atoms with Gasteiger partial charge in [0, 0.05) is 18.8 Å². The van der Waals surface area contributed by atoms with Crippen molar-refractivity contribution in [3.8, 4) is 0 Å². The van der Waals surface area contributed by atoms with Crippen LogP contribution in [0.4, 0.5) is 0 Å². The topological polar surface area (TPSA) is 29.9 Å². The molecule has 0 aliphatic rings. The fraction of sp³-hybridized carbons (Fsp3) is 0.833. The third-order valence-corrected chi connectivity index (χ3v) is 4.22. The number of rotatable bonds is 13. The summed E-state index contributed by atoms with van der Waals surface area (Å²) >= 11 is 0. The molecule has 0 saturated heterocycles. The number of nitrogens with one attached hydrogen (secondary N) is 1. The van der Waals surface area contributed by atoms with Crippen LogP contribution in [0.25, 0.3) is 0 Å². The molecule has 0 amide bonds. The molecule has 0 aliphatic heterocycles. The largest absolute Gasteiger partial charge is 0.311 e. The van der Waals surface area contributed by atoms with Gasteiger partial charge in [0.05, 0.1) is 5.69 Å². The van der Waals surface area contributed by atoms with E-state index in [1.165, 1.54) is 51.4 Å². The van der Waals surface area contributed by atoms with E-state index < -0.39 is 0 Å². The van der Waals surface area contributed by atoms with Crippen molar-refractivity contribution in [2.24, 2.45) is 0 Å². The van der Waals surface area contributed by atoms with Crippen LogP contribution in [0.1, 0.15) is 90.3 Å². The van der Waals surface area contributed by atoms with E-state index in [0.29, 0.717) is 6.04 Å². The fourth-order valence-electron chi connectivity index (χ4n) is 2.50. The summed E-state index contributed by atoms with van der Waals surface area (Å²) in [7, 11) is 0. The predicted molar refractivity (Wildman–Crippen MR) is 91.5 cm³/mol. The van der Waals surface area contributed by atoms with E-state index in [9.17, 15) is 0 Å². The van der Waals surface area contributed by atoms with Crippen molar-refractivity contribution in [2.75, 3.05) is 6.54 Å². The molecule has 21 heavy (non-hydrogen) atoms. The highest BCUT2D eigenvalue weighted by Gasteiger charge is 2.03. The molecule has 1 aromatic heterocycles. The first-order chi connectivity index (χ1) is 10.3. The zero-order valence-electron chi connectivity index (χ0n) is 14.4. The first-order valence-corrected chi connectivity index (χ1v) is 9.02. The zero-order valence-corrected chi connectivity index (χ0v) is 14.4. The summed E-state index contributed by atoms with van der Waals surface area (Å²) in [5.41, 5.74) is 1.16. The van der Waals surface area contributed by atoms with Crippen LogP contribution in [0.5, 0.6) is 0 Å². The molecule has 1 atom stereocenters. The number of hydrogen-bond acceptors (Lipinski definition) is 2. The molecule has 0 saturated carbocycles. The van der Waals surface area contributed by atoms with Crippen molar-refractivity contribution in [3.63, 3.8) is 0 Å². The van der Waals surface area contributed by atoms with E-state index in [4.69, 9.17) is 0 Å². The Morgan fingerprint density at radius 3 is 2.38 bits per heavy atom. The summed E-state index contributed by atoms with van der Waals surface area (Å²) in [6.07, 6.45) is 14.3. The minimum absolute atomic E-state index is 0.506. The molecular weight excluding hydrogens is 258 g/mol. The van der Waals surface area contributed by atoms with Crippen LogP contribution in [0.3, 0.4) is 0 Å². The summed E-state index contributed by atoms with van der Waals surface area (Å²) in [6, 6.07) is 2.64. The fourth-order valence-corrected chi connectivity index (χ4v) is 2.50. The minimum atomic E-state index is 0.506. The first-order valence-electron chi connectivity index (χ1n) is 9.02. The van der Waals surface area contributed by atoms with Crippen LogP contribution < -0.4 is 5.32 Å². The summed E-state index contributed by atoms with van der Waals surface area (Å²) in [5.74, 6) is 0. The van der Waals surface area contributed by atoms with Crippen LogP contribution in [0, 0.1) is 0 Å². The molecule has 122 valence electrons. The van der Waals surface area contributed by atoms with Crippen LogP contribution in [-0.2, 0) is 6.54 Å². The molecule has 1 heterocycles. The summed E-state index contributed by atoms with van der Waals surface area (Å²) in [5, 5.41) is 8.12. The van der Waals surface area contributed by atoms with E-state index in [1.807, 2.05) is 0 Å². The highest BCUT2D eigenvalue weighted by atomic mass is 15.3. The summed E-state index contributed by atoms with van der Waals surface area (Å²) in [6.45, 7) is 8.71. The predicted octanol–water partition coefficient (Wildman–Crippen LogP) is 5.08. The smallest absolute Gasteiger partial charge is 0.0762 e. The molecule has 1 aromatic rings. The lowest BCUT2D eigenvalue weighted by Crippen LogP contribution is -2.15. The molecule has 0 fully saturated rings. The van der Waals surface area contributed by atoms with Crippen molar-refractivity contribution in [1.82, 2.24) is 15.1 Å². The van der Waals surface area contributed by atoms with Gasteiger partial charge in [0.1, 0.15) is 0 Å². The maximum atomic E-state index is 4.61. The summed E-state index contributed by atoms with van der Waals surface area (Å²) in [4.78, 5) is 0. The quantitative estimate of drug-likeness (QED) is 0.514. The number of nitrogens with zero attached hydrogens (tertiary/aromatic N) is 2. The lowest BCUT2D eigenvalue weighted by molar-refractivity contribution is 0.470. The number of aromatic nitrogens is 2. The van der Waals surface area contributed by atoms with Gasteiger partial charge in [-0.1, -0.05) is 58.8 Å². The second-order valence-electron chi connectivity index (χ2n) is 6.20. The highest BCUT2D eigenvalue weighted by Crippen LogP contribution is 2.09. The monoisotopic (exact) mass is 293 g/mol. The zero-order chi connectivity index (χ0) is 15.3. The lowest BCUT2D eigenvalue weighted by Gasteiger charge is -2.08. The Kier molecular flexibility index (Phi) is 10.2. The molecule has 0 aliphatic carbocycles. The van der Waals surface area contributed by atoms with Gasteiger partial charge in [0.15, 0.2) is 0 Å². The van der Waals surface area contributed by atoms with Gasteiger partial charge in [-0.25, -0.2) is 0 Å². The Morgan fingerprint density at radius 2 is 1.71 bits per heavy atom. The Morgan fingerprint density at radius 1 is 1.05 bits per heavy atom. The van der Waals surface area contributed by atoms with E-state index in [-0.39, 0.29) is 0 Å². The van der Waals surface area contributed by atoms with Gasteiger partial charge < -0.3 is 5.32 Å². The third kappa shape index (κ3) is 8.25. The van der Waals surface area contributed by atoms with E-state index >= 15 is 0 Å². The van der Waals surface area contributed by atoms with Gasteiger partial charge in [0.2, 0.25) is 0 Å². The average Bonchev–Trinajstić information content (AvgIpc) is 2.97. The number of unbranched alkanes of at least 4 members (excludes halogenated alkanes) is 7. The molecule has 0 spiro atoms. The van der Waals surface area contributed by atoms with Gasteiger partial charge in [-0.15, -0.1) is 0 Å². The van der Waals surface area contributed by atoms with E-state index in [1.54, 1.807) is 0 Å². The van der Waals surface area contributed by atoms with Crippen LogP contribution in [0.15, 0.2) is 12.3 Å². The van der Waals surface area contributed by atoms with Gasteiger partial charge in [-0.3, -0.25) is 4.68 Å². The third-order valence-electron chi connectivity index (χ3n) is 4.22. The van der Waals surface area contributed by atoms with Gasteiger partial charge in [-0.2, -0.15) is 5.10 Å². The van der Waals surface area contributed by atoms with E-state index in [0.717, 1.165) is 25.2 Å².